The topological polar surface area (TPSA) is 77.8 Å². The van der Waals surface area contributed by atoms with Gasteiger partial charge in [-0.3, -0.25) is 14.5 Å². The van der Waals surface area contributed by atoms with Crippen LogP contribution in [0, 0.1) is 5.82 Å². The maximum absolute atomic E-state index is 13.0. The standard InChI is InChI=1S/C13H16FNO4/c1-9(5-10-3-2-4-11(14)6-10)15(7-12(16)17)8-13(18)19/h2-4,6,9H,5,7-8H2,1H3,(H,16,17)(H,18,19). The van der Waals surface area contributed by atoms with Crippen LogP contribution in [0.1, 0.15) is 12.5 Å². The summed E-state index contributed by atoms with van der Waals surface area (Å²) in [5.74, 6) is -2.55. The summed E-state index contributed by atoms with van der Waals surface area (Å²) in [6, 6.07) is 5.65. The Hall–Kier alpha value is -1.95. The molecule has 0 heterocycles. The first kappa shape index (κ1) is 15.1. The fraction of sp³-hybridized carbons (Fsp3) is 0.385. The molecule has 5 nitrogen and oxygen atoms in total. The second kappa shape index (κ2) is 6.84. The summed E-state index contributed by atoms with van der Waals surface area (Å²) in [6.07, 6.45) is 0.387. The quantitative estimate of drug-likeness (QED) is 0.778. The van der Waals surface area contributed by atoms with Crippen molar-refractivity contribution < 1.29 is 24.2 Å². The van der Waals surface area contributed by atoms with E-state index >= 15 is 0 Å². The van der Waals surface area contributed by atoms with E-state index in [-0.39, 0.29) is 24.9 Å². The smallest absolute Gasteiger partial charge is 0.317 e. The van der Waals surface area contributed by atoms with Crippen LogP contribution in [0.4, 0.5) is 4.39 Å². The van der Waals surface area contributed by atoms with Crippen molar-refractivity contribution in [1.29, 1.82) is 0 Å². The Morgan fingerprint density at radius 3 is 2.32 bits per heavy atom. The summed E-state index contributed by atoms with van der Waals surface area (Å²) in [5.41, 5.74) is 0.702. The SMILES string of the molecule is CC(Cc1cccc(F)c1)N(CC(=O)O)CC(=O)O. The van der Waals surface area contributed by atoms with Crippen LogP contribution in [0.25, 0.3) is 0 Å². The van der Waals surface area contributed by atoms with Gasteiger partial charge in [-0.1, -0.05) is 12.1 Å². The molecule has 1 rings (SSSR count). The van der Waals surface area contributed by atoms with Crippen molar-refractivity contribution in [2.24, 2.45) is 0 Å². The average Bonchev–Trinajstić information content (AvgIpc) is 2.26. The molecular weight excluding hydrogens is 253 g/mol. The molecule has 0 bridgehead atoms. The predicted molar refractivity (Wildman–Crippen MR) is 66.4 cm³/mol. The van der Waals surface area contributed by atoms with Gasteiger partial charge in [0, 0.05) is 6.04 Å². The molecule has 0 aliphatic rings. The summed E-state index contributed by atoms with van der Waals surface area (Å²) in [5, 5.41) is 17.5. The van der Waals surface area contributed by atoms with E-state index in [4.69, 9.17) is 10.2 Å². The third kappa shape index (κ3) is 5.48. The van der Waals surface area contributed by atoms with Crippen LogP contribution in [0.2, 0.25) is 0 Å². The molecule has 1 aromatic carbocycles. The van der Waals surface area contributed by atoms with E-state index in [1.807, 2.05) is 0 Å². The fourth-order valence-corrected chi connectivity index (χ4v) is 1.85. The van der Waals surface area contributed by atoms with Gasteiger partial charge in [0.1, 0.15) is 5.82 Å². The molecule has 2 N–H and O–H groups in total. The van der Waals surface area contributed by atoms with Crippen molar-refractivity contribution in [2.45, 2.75) is 19.4 Å². The van der Waals surface area contributed by atoms with Gasteiger partial charge < -0.3 is 10.2 Å². The lowest BCUT2D eigenvalue weighted by Gasteiger charge is -2.25. The van der Waals surface area contributed by atoms with E-state index in [0.29, 0.717) is 12.0 Å². The molecule has 0 aliphatic heterocycles. The van der Waals surface area contributed by atoms with Gasteiger partial charge in [-0.05, 0) is 31.0 Å². The van der Waals surface area contributed by atoms with Gasteiger partial charge in [0.15, 0.2) is 0 Å². The van der Waals surface area contributed by atoms with Crippen LogP contribution in [0.15, 0.2) is 24.3 Å². The Labute approximate surface area is 110 Å². The minimum Gasteiger partial charge on any atom is -0.480 e. The van der Waals surface area contributed by atoms with Crippen LogP contribution in [-0.4, -0.2) is 46.2 Å². The van der Waals surface area contributed by atoms with E-state index in [2.05, 4.69) is 0 Å². The number of benzene rings is 1. The largest absolute Gasteiger partial charge is 0.480 e. The van der Waals surface area contributed by atoms with Crippen LogP contribution >= 0.6 is 0 Å². The highest BCUT2D eigenvalue weighted by Gasteiger charge is 2.20. The Morgan fingerprint density at radius 1 is 1.26 bits per heavy atom. The van der Waals surface area contributed by atoms with E-state index in [1.165, 1.54) is 17.0 Å². The monoisotopic (exact) mass is 269 g/mol. The molecule has 1 unspecified atom stereocenters. The number of carbonyl (C=O) groups is 2. The number of aliphatic carboxylic acids is 2. The van der Waals surface area contributed by atoms with Gasteiger partial charge in [-0.2, -0.15) is 0 Å². The zero-order valence-corrected chi connectivity index (χ0v) is 10.5. The number of rotatable bonds is 7. The Bertz CT molecular complexity index is 448. The van der Waals surface area contributed by atoms with E-state index in [0.717, 1.165) is 0 Å². The highest BCUT2D eigenvalue weighted by Crippen LogP contribution is 2.10. The Morgan fingerprint density at radius 2 is 1.84 bits per heavy atom. The molecular formula is C13H16FNO4. The molecule has 0 spiro atoms. The fourth-order valence-electron chi connectivity index (χ4n) is 1.85. The molecule has 1 atom stereocenters. The highest BCUT2D eigenvalue weighted by molar-refractivity contribution is 5.72. The third-order valence-corrected chi connectivity index (χ3v) is 2.72. The predicted octanol–water partition coefficient (Wildman–Crippen LogP) is 1.23. The summed E-state index contributed by atoms with van der Waals surface area (Å²) in [4.78, 5) is 22.7. The lowest BCUT2D eigenvalue weighted by atomic mass is 10.1. The molecule has 0 radical (unpaired) electrons. The van der Waals surface area contributed by atoms with Crippen LogP contribution in [0.5, 0.6) is 0 Å². The molecule has 0 fully saturated rings. The zero-order valence-electron chi connectivity index (χ0n) is 10.5. The first-order valence-electron chi connectivity index (χ1n) is 5.80. The molecule has 0 amide bonds. The van der Waals surface area contributed by atoms with Crippen LogP contribution < -0.4 is 0 Å². The molecule has 0 aromatic heterocycles. The molecule has 6 heteroatoms. The Balaban J connectivity index is 2.72. The first-order chi connectivity index (χ1) is 8.88. The van der Waals surface area contributed by atoms with Crippen molar-refractivity contribution in [2.75, 3.05) is 13.1 Å². The minimum absolute atomic E-state index is 0.311. The second-order valence-corrected chi connectivity index (χ2v) is 4.38. The van der Waals surface area contributed by atoms with Crippen molar-refractivity contribution in [3.8, 4) is 0 Å². The van der Waals surface area contributed by atoms with Gasteiger partial charge in [0.2, 0.25) is 0 Å². The minimum atomic E-state index is -1.09. The van der Waals surface area contributed by atoms with Crippen molar-refractivity contribution in [3.05, 3.63) is 35.6 Å². The van der Waals surface area contributed by atoms with Crippen LogP contribution in [-0.2, 0) is 16.0 Å². The van der Waals surface area contributed by atoms with Crippen molar-refractivity contribution in [3.63, 3.8) is 0 Å². The van der Waals surface area contributed by atoms with Gasteiger partial charge in [-0.15, -0.1) is 0 Å². The molecule has 104 valence electrons. The molecule has 0 aliphatic carbocycles. The maximum Gasteiger partial charge on any atom is 0.317 e. The van der Waals surface area contributed by atoms with E-state index in [1.54, 1.807) is 19.1 Å². The molecule has 1 aromatic rings. The number of hydrogen-bond donors (Lipinski definition) is 2. The number of halogens is 1. The van der Waals surface area contributed by atoms with Gasteiger partial charge >= 0.3 is 11.9 Å². The van der Waals surface area contributed by atoms with E-state index < -0.39 is 11.9 Å². The number of nitrogens with zero attached hydrogens (tertiary/aromatic N) is 1. The number of carboxylic acids is 2. The van der Waals surface area contributed by atoms with Crippen molar-refractivity contribution >= 4 is 11.9 Å². The summed E-state index contributed by atoms with van der Waals surface area (Å²) < 4.78 is 13.0. The van der Waals surface area contributed by atoms with Gasteiger partial charge in [-0.25, -0.2) is 4.39 Å². The van der Waals surface area contributed by atoms with Crippen molar-refractivity contribution in [1.82, 2.24) is 4.90 Å². The molecule has 0 saturated carbocycles. The molecule has 19 heavy (non-hydrogen) atoms. The van der Waals surface area contributed by atoms with Gasteiger partial charge in [0.05, 0.1) is 13.1 Å². The normalized spacial score (nSPS) is 12.4. The molecule has 0 saturated heterocycles. The first-order valence-corrected chi connectivity index (χ1v) is 5.80. The zero-order chi connectivity index (χ0) is 14.4. The summed E-state index contributed by atoms with van der Waals surface area (Å²) >= 11 is 0. The summed E-state index contributed by atoms with van der Waals surface area (Å²) in [7, 11) is 0. The Kier molecular flexibility index (Phi) is 5.44. The lowest BCUT2D eigenvalue weighted by Crippen LogP contribution is -2.41. The number of hydrogen-bond acceptors (Lipinski definition) is 3. The second-order valence-electron chi connectivity index (χ2n) is 4.38. The maximum atomic E-state index is 13.0. The lowest BCUT2D eigenvalue weighted by molar-refractivity contribution is -0.142. The number of carboxylic acid groups (broad SMARTS) is 2. The van der Waals surface area contributed by atoms with Crippen LogP contribution in [0.3, 0.4) is 0 Å². The van der Waals surface area contributed by atoms with E-state index in [9.17, 15) is 14.0 Å². The third-order valence-electron chi connectivity index (χ3n) is 2.72. The summed E-state index contributed by atoms with van der Waals surface area (Å²) in [6.45, 7) is 1.00. The van der Waals surface area contributed by atoms with Gasteiger partial charge in [0.25, 0.3) is 0 Å². The highest BCUT2D eigenvalue weighted by atomic mass is 19.1. The average molecular weight is 269 g/mol.